The summed E-state index contributed by atoms with van der Waals surface area (Å²) in [5.41, 5.74) is 2.40. The minimum absolute atomic E-state index is 0.351. The van der Waals surface area contributed by atoms with Gasteiger partial charge in [-0.15, -0.1) is 11.3 Å². The maximum absolute atomic E-state index is 13.5. The molecule has 0 aliphatic heterocycles. The van der Waals surface area contributed by atoms with Gasteiger partial charge < -0.3 is 9.47 Å². The number of hydrogen-bond acceptors (Lipinski definition) is 5. The van der Waals surface area contributed by atoms with E-state index in [0.717, 1.165) is 11.1 Å². The second kappa shape index (κ2) is 7.60. The monoisotopic (exact) mass is 408 g/mol. The van der Waals surface area contributed by atoms with Gasteiger partial charge in [0.15, 0.2) is 0 Å². The largest absolute Gasteiger partial charge is 0.497 e. The van der Waals surface area contributed by atoms with Crippen molar-refractivity contribution in [3.05, 3.63) is 85.9 Å². The minimum Gasteiger partial charge on any atom is -0.497 e. The van der Waals surface area contributed by atoms with Crippen molar-refractivity contribution in [2.75, 3.05) is 14.2 Å². The summed E-state index contributed by atoms with van der Waals surface area (Å²) in [6, 6.07) is 14.7. The lowest BCUT2D eigenvalue weighted by Crippen LogP contribution is -2.38. The van der Waals surface area contributed by atoms with Crippen molar-refractivity contribution < 1.29 is 9.47 Å². The van der Waals surface area contributed by atoms with Gasteiger partial charge in [-0.3, -0.25) is 9.36 Å². The van der Waals surface area contributed by atoms with Crippen molar-refractivity contribution in [3.8, 4) is 17.2 Å². The topological polar surface area (TPSA) is 62.5 Å². The molecule has 2 aromatic heterocycles. The van der Waals surface area contributed by atoms with Crippen LogP contribution in [0.1, 0.15) is 11.1 Å². The maximum Gasteiger partial charge on any atom is 0.336 e. The predicted octanol–water partition coefficient (Wildman–Crippen LogP) is 3.59. The molecule has 0 unspecified atom stereocenters. The van der Waals surface area contributed by atoms with Gasteiger partial charge in [0, 0.05) is 18.2 Å². The van der Waals surface area contributed by atoms with Crippen LogP contribution in [0, 0.1) is 6.92 Å². The number of thiophene rings is 1. The van der Waals surface area contributed by atoms with Crippen LogP contribution in [0.3, 0.4) is 0 Å². The molecule has 6 nitrogen and oxygen atoms in total. The van der Waals surface area contributed by atoms with Gasteiger partial charge in [0.1, 0.15) is 16.2 Å². The fraction of sp³-hybridized carbons (Fsp3) is 0.182. The number of fused-ring (bicyclic) bond motifs is 1. The Morgan fingerprint density at radius 3 is 2.31 bits per heavy atom. The Bertz CT molecular complexity index is 1290. The third kappa shape index (κ3) is 3.34. The summed E-state index contributed by atoms with van der Waals surface area (Å²) in [5.74, 6) is 1.00. The molecule has 4 rings (SSSR count). The van der Waals surface area contributed by atoms with Gasteiger partial charge in [-0.2, -0.15) is 0 Å². The average Bonchev–Trinajstić information content (AvgIpc) is 3.22. The fourth-order valence-corrected chi connectivity index (χ4v) is 4.17. The molecule has 0 spiro atoms. The first-order valence-electron chi connectivity index (χ1n) is 9.04. The van der Waals surface area contributed by atoms with Gasteiger partial charge in [-0.05, 0) is 29.5 Å². The molecule has 29 heavy (non-hydrogen) atoms. The van der Waals surface area contributed by atoms with E-state index < -0.39 is 5.69 Å². The van der Waals surface area contributed by atoms with E-state index in [1.165, 1.54) is 30.1 Å². The second-order valence-corrected chi connectivity index (χ2v) is 7.56. The highest BCUT2D eigenvalue weighted by Gasteiger charge is 2.17. The molecule has 0 bridgehead atoms. The number of ether oxygens (including phenoxy) is 2. The Morgan fingerprint density at radius 1 is 0.966 bits per heavy atom. The molecule has 0 atom stereocenters. The quantitative estimate of drug-likeness (QED) is 0.506. The van der Waals surface area contributed by atoms with Crippen LogP contribution in [0.4, 0.5) is 0 Å². The van der Waals surface area contributed by atoms with Gasteiger partial charge in [-0.1, -0.05) is 24.3 Å². The first-order valence-corrected chi connectivity index (χ1v) is 9.92. The smallest absolute Gasteiger partial charge is 0.336 e. The molecule has 0 radical (unpaired) electrons. The van der Waals surface area contributed by atoms with E-state index >= 15 is 0 Å². The Morgan fingerprint density at radius 2 is 1.66 bits per heavy atom. The van der Waals surface area contributed by atoms with Crippen molar-refractivity contribution in [1.82, 2.24) is 9.13 Å². The van der Waals surface area contributed by atoms with Gasteiger partial charge in [0.25, 0.3) is 5.56 Å². The molecule has 0 amide bonds. The van der Waals surface area contributed by atoms with E-state index in [4.69, 9.17) is 9.47 Å². The van der Waals surface area contributed by atoms with Crippen LogP contribution in [0.15, 0.2) is 63.5 Å². The van der Waals surface area contributed by atoms with Crippen molar-refractivity contribution in [2.24, 2.45) is 0 Å². The van der Waals surface area contributed by atoms with Crippen molar-refractivity contribution in [3.63, 3.8) is 0 Å². The Hall–Kier alpha value is -3.32. The molecule has 0 saturated heterocycles. The van der Waals surface area contributed by atoms with Crippen LogP contribution in [0.25, 0.3) is 15.9 Å². The molecule has 0 fully saturated rings. The molecule has 7 heteroatoms. The van der Waals surface area contributed by atoms with Crippen LogP contribution in [-0.2, 0) is 6.54 Å². The van der Waals surface area contributed by atoms with Gasteiger partial charge in [0.2, 0.25) is 0 Å². The van der Waals surface area contributed by atoms with Gasteiger partial charge in [-0.25, -0.2) is 9.36 Å². The van der Waals surface area contributed by atoms with E-state index in [1.54, 1.807) is 22.8 Å². The van der Waals surface area contributed by atoms with Crippen LogP contribution in [-0.4, -0.2) is 23.4 Å². The molecule has 4 aromatic rings. The van der Waals surface area contributed by atoms with Gasteiger partial charge in [0.05, 0.1) is 32.0 Å². The summed E-state index contributed by atoms with van der Waals surface area (Å²) in [6.45, 7) is 2.38. The summed E-state index contributed by atoms with van der Waals surface area (Å²) < 4.78 is 14.0. The number of aromatic nitrogens is 2. The fourth-order valence-electron chi connectivity index (χ4n) is 3.35. The second-order valence-electron chi connectivity index (χ2n) is 6.64. The predicted molar refractivity (Wildman–Crippen MR) is 115 cm³/mol. The summed E-state index contributed by atoms with van der Waals surface area (Å²) in [7, 11) is 3.06. The van der Waals surface area contributed by atoms with Crippen LogP contribution in [0.5, 0.6) is 11.5 Å². The number of methoxy groups -OCH3 is 2. The number of aryl methyl sites for hydroxylation is 1. The Balaban J connectivity index is 2.01. The molecule has 0 saturated carbocycles. The SMILES string of the molecule is COc1cc(OC)cc(-n2c(=O)c3sccc3n(Cc3ccccc3C)c2=O)c1. The van der Waals surface area contributed by atoms with Crippen LogP contribution >= 0.6 is 11.3 Å². The summed E-state index contributed by atoms with van der Waals surface area (Å²) in [6.07, 6.45) is 0. The normalized spacial score (nSPS) is 11.0. The lowest BCUT2D eigenvalue weighted by atomic mass is 10.1. The zero-order valence-electron chi connectivity index (χ0n) is 16.3. The standard InChI is InChI=1S/C22H20N2O4S/c1-14-6-4-5-7-15(14)13-23-19-8-9-29-20(19)21(25)24(22(23)26)16-10-17(27-2)12-18(11-16)28-3/h4-12H,13H2,1-3H3. The molecule has 0 N–H and O–H groups in total. The average molecular weight is 408 g/mol. The van der Waals surface area contributed by atoms with Crippen LogP contribution in [0.2, 0.25) is 0 Å². The summed E-state index contributed by atoms with van der Waals surface area (Å²) >= 11 is 1.32. The highest BCUT2D eigenvalue weighted by atomic mass is 32.1. The Labute approximate surface area is 171 Å². The lowest BCUT2D eigenvalue weighted by Gasteiger charge is -2.15. The highest BCUT2D eigenvalue weighted by molar-refractivity contribution is 7.17. The zero-order valence-corrected chi connectivity index (χ0v) is 17.2. The van der Waals surface area contributed by atoms with Crippen LogP contribution < -0.4 is 20.7 Å². The zero-order chi connectivity index (χ0) is 20.5. The van der Waals surface area contributed by atoms with Crippen molar-refractivity contribution in [1.29, 1.82) is 0 Å². The lowest BCUT2D eigenvalue weighted by molar-refractivity contribution is 0.394. The molecule has 0 aliphatic rings. The van der Waals surface area contributed by atoms with Gasteiger partial charge >= 0.3 is 5.69 Å². The number of benzene rings is 2. The Kier molecular flexibility index (Phi) is 4.98. The number of rotatable bonds is 5. The van der Waals surface area contributed by atoms with Crippen molar-refractivity contribution in [2.45, 2.75) is 13.5 Å². The molecule has 2 aromatic carbocycles. The van der Waals surface area contributed by atoms with E-state index in [0.29, 0.717) is 33.9 Å². The highest BCUT2D eigenvalue weighted by Crippen LogP contribution is 2.25. The summed E-state index contributed by atoms with van der Waals surface area (Å²) in [5, 5.41) is 1.83. The van der Waals surface area contributed by atoms with E-state index in [1.807, 2.05) is 42.6 Å². The minimum atomic E-state index is -0.403. The number of hydrogen-bond donors (Lipinski definition) is 0. The molecule has 148 valence electrons. The first kappa shape index (κ1) is 19.0. The number of nitrogens with zero attached hydrogens (tertiary/aromatic N) is 2. The third-order valence-electron chi connectivity index (χ3n) is 4.94. The van der Waals surface area contributed by atoms with E-state index in [2.05, 4.69) is 0 Å². The molecule has 0 aliphatic carbocycles. The summed E-state index contributed by atoms with van der Waals surface area (Å²) in [4.78, 5) is 26.6. The maximum atomic E-state index is 13.5. The van der Waals surface area contributed by atoms with E-state index in [9.17, 15) is 9.59 Å². The van der Waals surface area contributed by atoms with Crippen molar-refractivity contribution >= 4 is 21.6 Å². The molecular weight excluding hydrogens is 388 g/mol. The molecular formula is C22H20N2O4S. The molecule has 2 heterocycles. The third-order valence-corrected chi connectivity index (χ3v) is 5.83. The van der Waals surface area contributed by atoms with E-state index in [-0.39, 0.29) is 5.56 Å². The first-order chi connectivity index (χ1) is 14.0.